The summed E-state index contributed by atoms with van der Waals surface area (Å²) in [6, 6.07) is 3.93. The van der Waals surface area contributed by atoms with Crippen LogP contribution in [0.25, 0.3) is 0 Å². The Kier molecular flexibility index (Phi) is 7.98. The van der Waals surface area contributed by atoms with E-state index < -0.39 is 0 Å². The van der Waals surface area contributed by atoms with Gasteiger partial charge in [-0.05, 0) is 62.1 Å². The molecule has 0 amide bonds. The van der Waals surface area contributed by atoms with Gasteiger partial charge in [0.2, 0.25) is 0 Å². The molecule has 1 aromatic rings. The van der Waals surface area contributed by atoms with Crippen molar-refractivity contribution in [2.75, 3.05) is 40.5 Å². The van der Waals surface area contributed by atoms with E-state index in [1.807, 2.05) is 13.1 Å². The molecule has 1 aromatic carbocycles. The van der Waals surface area contributed by atoms with E-state index in [-0.39, 0.29) is 0 Å². The van der Waals surface area contributed by atoms with Gasteiger partial charge in [-0.3, -0.25) is 4.99 Å². The van der Waals surface area contributed by atoms with Gasteiger partial charge in [-0.2, -0.15) is 0 Å². The lowest BCUT2D eigenvalue weighted by Crippen LogP contribution is -2.46. The average Bonchev–Trinajstić information content (AvgIpc) is 2.74. The number of nitrogens with one attached hydrogen (secondary N) is 1. The van der Waals surface area contributed by atoms with E-state index in [1.54, 1.807) is 7.11 Å². The van der Waals surface area contributed by atoms with Crippen LogP contribution >= 0.6 is 0 Å². The summed E-state index contributed by atoms with van der Waals surface area (Å²) < 4.78 is 11.0. The van der Waals surface area contributed by atoms with E-state index in [9.17, 15) is 5.11 Å². The molecule has 6 heteroatoms. The number of hydrogen-bond acceptors (Lipinski definition) is 4. The number of guanidine groups is 1. The highest BCUT2D eigenvalue weighted by atomic mass is 16.5. The van der Waals surface area contributed by atoms with E-state index in [4.69, 9.17) is 9.47 Å². The Bertz CT molecular complexity index is 655. The molecular formula is C22H35N3O3. The first-order valence-corrected chi connectivity index (χ1v) is 10.6. The summed E-state index contributed by atoms with van der Waals surface area (Å²) in [6.45, 7) is 4.02. The summed E-state index contributed by atoms with van der Waals surface area (Å²) in [6.07, 6.45) is 7.94. The zero-order valence-electron chi connectivity index (χ0n) is 17.4. The topological polar surface area (TPSA) is 66.3 Å². The van der Waals surface area contributed by atoms with E-state index in [1.165, 1.54) is 24.0 Å². The number of piperidine rings is 1. The lowest BCUT2D eigenvalue weighted by molar-refractivity contribution is 0.00989. The number of phenols is 1. The average molecular weight is 390 g/mol. The molecule has 6 nitrogen and oxygen atoms in total. The molecule has 0 aromatic heterocycles. The van der Waals surface area contributed by atoms with E-state index in [0.717, 1.165) is 69.9 Å². The molecule has 1 fully saturated rings. The third-order valence-corrected chi connectivity index (χ3v) is 5.85. The molecule has 1 saturated heterocycles. The maximum atomic E-state index is 10.4. The van der Waals surface area contributed by atoms with Crippen LogP contribution in [0.15, 0.2) is 17.1 Å². The quantitative estimate of drug-likeness (QED) is 0.426. The third kappa shape index (κ3) is 5.39. The second-order valence-corrected chi connectivity index (χ2v) is 7.71. The first-order valence-electron chi connectivity index (χ1n) is 10.6. The zero-order chi connectivity index (χ0) is 19.8. The van der Waals surface area contributed by atoms with Crippen molar-refractivity contribution in [2.45, 2.75) is 57.6 Å². The van der Waals surface area contributed by atoms with Crippen molar-refractivity contribution >= 4 is 5.96 Å². The van der Waals surface area contributed by atoms with Crippen LogP contribution in [-0.4, -0.2) is 62.5 Å². The molecule has 0 spiro atoms. The molecule has 1 aliphatic heterocycles. The highest BCUT2D eigenvalue weighted by Gasteiger charge is 2.23. The second kappa shape index (κ2) is 10.7. The molecule has 156 valence electrons. The molecule has 0 bridgehead atoms. The van der Waals surface area contributed by atoms with E-state index in [2.05, 4.69) is 21.3 Å². The minimum absolute atomic E-state index is 0.330. The normalized spacial score (nSPS) is 18.2. The smallest absolute Gasteiger partial charge is 0.193 e. The lowest BCUT2D eigenvalue weighted by Gasteiger charge is -2.34. The fraction of sp³-hybridized carbons (Fsp3) is 0.682. The number of aryl methyl sites for hydroxylation is 1. The van der Waals surface area contributed by atoms with Crippen molar-refractivity contribution in [3.63, 3.8) is 0 Å². The Hall–Kier alpha value is -1.79. The number of likely N-dealkylation sites (tertiary alicyclic amines) is 1. The van der Waals surface area contributed by atoms with E-state index >= 15 is 0 Å². The Balaban J connectivity index is 1.51. The highest BCUT2D eigenvalue weighted by Crippen LogP contribution is 2.30. The fourth-order valence-electron chi connectivity index (χ4n) is 4.28. The minimum Gasteiger partial charge on any atom is -0.508 e. The predicted octanol–water partition coefficient (Wildman–Crippen LogP) is 2.86. The Labute approximate surface area is 168 Å². The number of phenolic OH excluding ortho intramolecular Hbond substituents is 1. The zero-order valence-corrected chi connectivity index (χ0v) is 17.4. The molecular weight excluding hydrogens is 354 g/mol. The van der Waals surface area contributed by atoms with Crippen LogP contribution in [-0.2, 0) is 28.9 Å². The largest absolute Gasteiger partial charge is 0.508 e. The predicted molar refractivity (Wildman–Crippen MR) is 112 cm³/mol. The van der Waals surface area contributed by atoms with Gasteiger partial charge in [0, 0.05) is 52.6 Å². The summed E-state index contributed by atoms with van der Waals surface area (Å²) in [7, 11) is 3.55. The number of hydrogen-bond donors (Lipinski definition) is 2. The first kappa shape index (κ1) is 20.9. The van der Waals surface area contributed by atoms with Gasteiger partial charge < -0.3 is 24.8 Å². The van der Waals surface area contributed by atoms with Crippen LogP contribution in [0, 0.1) is 0 Å². The monoisotopic (exact) mass is 389 g/mol. The van der Waals surface area contributed by atoms with E-state index in [0.29, 0.717) is 18.4 Å². The SMILES string of the molecule is CN=C(NCc1c(O)ccc2c1CCCC2)N1CCC(OCCCOC)CC1. The number of fused-ring (bicyclic) bond motifs is 1. The van der Waals surface area contributed by atoms with Crippen molar-refractivity contribution in [1.29, 1.82) is 0 Å². The van der Waals surface area contributed by atoms with Gasteiger partial charge in [-0.15, -0.1) is 0 Å². The molecule has 0 radical (unpaired) electrons. The lowest BCUT2D eigenvalue weighted by atomic mass is 9.88. The Morgan fingerprint density at radius 2 is 2.00 bits per heavy atom. The van der Waals surface area contributed by atoms with Gasteiger partial charge in [0.05, 0.1) is 6.10 Å². The van der Waals surface area contributed by atoms with Crippen LogP contribution in [0.1, 0.15) is 48.8 Å². The van der Waals surface area contributed by atoms with Crippen LogP contribution in [0.5, 0.6) is 5.75 Å². The van der Waals surface area contributed by atoms with Crippen molar-refractivity contribution in [3.05, 3.63) is 28.8 Å². The molecule has 0 saturated carbocycles. The number of aliphatic imine (C=N–C) groups is 1. The molecule has 1 heterocycles. The molecule has 0 unspecified atom stereocenters. The molecule has 3 rings (SSSR count). The molecule has 28 heavy (non-hydrogen) atoms. The summed E-state index contributed by atoms with van der Waals surface area (Å²) in [4.78, 5) is 6.77. The van der Waals surface area contributed by atoms with Crippen molar-refractivity contribution in [2.24, 2.45) is 4.99 Å². The van der Waals surface area contributed by atoms with Gasteiger partial charge in [-0.1, -0.05) is 6.07 Å². The summed E-state index contributed by atoms with van der Waals surface area (Å²) in [5, 5.41) is 13.9. The van der Waals surface area contributed by atoms with Crippen molar-refractivity contribution < 1.29 is 14.6 Å². The Morgan fingerprint density at radius 1 is 1.21 bits per heavy atom. The number of benzene rings is 1. The third-order valence-electron chi connectivity index (χ3n) is 5.85. The van der Waals surface area contributed by atoms with Crippen molar-refractivity contribution in [1.82, 2.24) is 10.2 Å². The van der Waals surface area contributed by atoms with Gasteiger partial charge >= 0.3 is 0 Å². The standard InChI is InChI=1S/C22H35N3O3/c1-23-22(25-12-10-18(11-13-25)28-15-5-14-27-2)24-16-20-19-7-4-3-6-17(19)8-9-21(20)26/h8-9,18,26H,3-7,10-16H2,1-2H3,(H,23,24). The molecule has 1 aliphatic carbocycles. The van der Waals surface area contributed by atoms with Crippen LogP contribution in [0.4, 0.5) is 0 Å². The summed E-state index contributed by atoms with van der Waals surface area (Å²) in [5.74, 6) is 1.30. The number of nitrogens with zero attached hydrogens (tertiary/aromatic N) is 2. The maximum Gasteiger partial charge on any atom is 0.193 e. The number of rotatable bonds is 7. The van der Waals surface area contributed by atoms with Gasteiger partial charge in [0.25, 0.3) is 0 Å². The highest BCUT2D eigenvalue weighted by molar-refractivity contribution is 5.80. The van der Waals surface area contributed by atoms with Crippen LogP contribution in [0.2, 0.25) is 0 Å². The minimum atomic E-state index is 0.330. The Morgan fingerprint density at radius 3 is 2.75 bits per heavy atom. The summed E-state index contributed by atoms with van der Waals surface area (Å²) >= 11 is 0. The van der Waals surface area contributed by atoms with Crippen LogP contribution < -0.4 is 5.32 Å². The first-order chi connectivity index (χ1) is 13.7. The van der Waals surface area contributed by atoms with Gasteiger partial charge in [-0.25, -0.2) is 0 Å². The molecule has 0 atom stereocenters. The van der Waals surface area contributed by atoms with Gasteiger partial charge in [0.1, 0.15) is 5.75 Å². The fourth-order valence-corrected chi connectivity index (χ4v) is 4.28. The van der Waals surface area contributed by atoms with Crippen LogP contribution in [0.3, 0.4) is 0 Å². The second-order valence-electron chi connectivity index (χ2n) is 7.71. The number of aromatic hydroxyl groups is 1. The number of ether oxygens (including phenoxy) is 2. The molecule has 2 aliphatic rings. The maximum absolute atomic E-state index is 10.4. The summed E-state index contributed by atoms with van der Waals surface area (Å²) in [5.41, 5.74) is 3.76. The number of methoxy groups -OCH3 is 1. The van der Waals surface area contributed by atoms with Gasteiger partial charge in [0.15, 0.2) is 5.96 Å². The van der Waals surface area contributed by atoms with Crippen molar-refractivity contribution in [3.8, 4) is 5.75 Å². The molecule has 2 N–H and O–H groups in total.